The number of fused-ring (bicyclic) bond motifs is 6. The van der Waals surface area contributed by atoms with Crippen LogP contribution in [0.4, 0.5) is 0 Å². The smallest absolute Gasteiger partial charge is 0.275 e. The fourth-order valence-corrected chi connectivity index (χ4v) is 4.39. The van der Waals surface area contributed by atoms with Crippen LogP contribution in [0.1, 0.15) is 11.1 Å². The predicted molar refractivity (Wildman–Crippen MR) is 107 cm³/mol. The Morgan fingerprint density at radius 3 is 2.59 bits per heavy atom. The molecule has 5 heteroatoms. The molecule has 0 spiro atoms. The van der Waals surface area contributed by atoms with Gasteiger partial charge in [-0.25, -0.2) is 0 Å². The van der Waals surface area contributed by atoms with Crippen molar-refractivity contribution in [3.05, 3.63) is 57.9 Å². The lowest BCUT2D eigenvalue weighted by atomic mass is 9.92. The van der Waals surface area contributed by atoms with Crippen LogP contribution in [-0.2, 0) is 13.0 Å². The summed E-state index contributed by atoms with van der Waals surface area (Å²) in [4.78, 5) is 16.6. The zero-order valence-corrected chi connectivity index (χ0v) is 15.6. The van der Waals surface area contributed by atoms with Gasteiger partial charge in [-0.1, -0.05) is 18.2 Å². The maximum absolute atomic E-state index is 13.3. The van der Waals surface area contributed by atoms with Crippen LogP contribution in [0.5, 0.6) is 11.5 Å². The summed E-state index contributed by atoms with van der Waals surface area (Å²) in [6, 6.07) is 12.1. The third-order valence-corrected chi connectivity index (χ3v) is 5.63. The first-order valence-corrected chi connectivity index (χ1v) is 9.03. The van der Waals surface area contributed by atoms with E-state index in [0.717, 1.165) is 45.3 Å². The maximum atomic E-state index is 13.3. The Kier molecular flexibility index (Phi) is 3.34. The first-order valence-electron chi connectivity index (χ1n) is 9.03. The zero-order chi connectivity index (χ0) is 18.7. The third kappa shape index (κ3) is 2.08. The van der Waals surface area contributed by atoms with Crippen LogP contribution in [0.2, 0.25) is 0 Å². The molecule has 2 aromatic heterocycles. The van der Waals surface area contributed by atoms with E-state index >= 15 is 0 Å². The van der Waals surface area contributed by atoms with Gasteiger partial charge in [0.15, 0.2) is 11.5 Å². The van der Waals surface area contributed by atoms with Crippen molar-refractivity contribution in [1.29, 1.82) is 0 Å². The van der Waals surface area contributed by atoms with Crippen molar-refractivity contribution in [2.24, 2.45) is 0 Å². The largest absolute Gasteiger partial charge is 0.493 e. The van der Waals surface area contributed by atoms with Gasteiger partial charge in [0.1, 0.15) is 5.52 Å². The van der Waals surface area contributed by atoms with E-state index in [0.29, 0.717) is 17.8 Å². The lowest BCUT2D eigenvalue weighted by Crippen LogP contribution is -2.27. The Hall–Kier alpha value is -3.21. The van der Waals surface area contributed by atoms with Crippen LogP contribution < -0.4 is 15.0 Å². The Bertz CT molecular complexity index is 1280. The number of aryl methyl sites for hydroxylation is 2. The topological polar surface area (TPSA) is 56.2 Å². The highest BCUT2D eigenvalue weighted by molar-refractivity contribution is 6.10. The number of hydrogen-bond donors (Lipinski definition) is 1. The van der Waals surface area contributed by atoms with Gasteiger partial charge in [0.05, 0.1) is 19.9 Å². The number of benzene rings is 2. The molecule has 0 fully saturated rings. The Balaban J connectivity index is 1.93. The van der Waals surface area contributed by atoms with E-state index in [1.54, 1.807) is 14.2 Å². The van der Waals surface area contributed by atoms with Crippen LogP contribution in [0.3, 0.4) is 0 Å². The second-order valence-corrected chi connectivity index (χ2v) is 6.97. The number of para-hydroxylation sites is 1. The highest BCUT2D eigenvalue weighted by atomic mass is 16.5. The number of methoxy groups -OCH3 is 2. The minimum absolute atomic E-state index is 0.0298. The van der Waals surface area contributed by atoms with Crippen LogP contribution >= 0.6 is 0 Å². The van der Waals surface area contributed by atoms with Crippen molar-refractivity contribution in [1.82, 2.24) is 9.55 Å². The molecule has 0 saturated heterocycles. The SMILES string of the molecule is COc1cc2c(cc1OC)-c1c(C)c3c([nH]c4ccccc43)c(=O)n1CC2. The standard InChI is InChI=1S/C22H20N2O3/c1-12-19-14-6-4-5-7-16(14)23-20(19)22(25)24-9-8-13-10-17(26-2)18(27-3)11-15(13)21(12)24/h4-7,10-11,23H,8-9H2,1-3H3. The number of ether oxygens (including phenoxy) is 2. The Labute approximate surface area is 156 Å². The lowest BCUT2D eigenvalue weighted by molar-refractivity contribution is 0.354. The fourth-order valence-electron chi connectivity index (χ4n) is 4.39. The van der Waals surface area contributed by atoms with Crippen molar-refractivity contribution in [3.8, 4) is 22.8 Å². The normalized spacial score (nSPS) is 12.9. The van der Waals surface area contributed by atoms with Gasteiger partial charge in [0.2, 0.25) is 0 Å². The van der Waals surface area contributed by atoms with Crippen molar-refractivity contribution in [2.75, 3.05) is 14.2 Å². The molecule has 0 unspecified atom stereocenters. The molecule has 0 bridgehead atoms. The molecule has 2 aromatic carbocycles. The number of aromatic nitrogens is 2. The molecule has 1 N–H and O–H groups in total. The van der Waals surface area contributed by atoms with Gasteiger partial charge in [-0.3, -0.25) is 4.79 Å². The minimum atomic E-state index is 0.0298. The maximum Gasteiger partial charge on any atom is 0.275 e. The van der Waals surface area contributed by atoms with E-state index in [2.05, 4.69) is 18.0 Å². The first kappa shape index (κ1) is 16.0. The van der Waals surface area contributed by atoms with Crippen LogP contribution in [-0.4, -0.2) is 23.8 Å². The Morgan fingerprint density at radius 1 is 1.07 bits per heavy atom. The number of nitrogens with one attached hydrogen (secondary N) is 1. The first-order chi connectivity index (χ1) is 13.1. The van der Waals surface area contributed by atoms with Crippen molar-refractivity contribution in [3.63, 3.8) is 0 Å². The quantitative estimate of drug-likeness (QED) is 0.587. The molecule has 1 aliphatic rings. The van der Waals surface area contributed by atoms with Gasteiger partial charge in [0, 0.05) is 28.4 Å². The zero-order valence-electron chi connectivity index (χ0n) is 15.6. The summed E-state index contributed by atoms with van der Waals surface area (Å²) in [5.74, 6) is 1.40. The summed E-state index contributed by atoms with van der Waals surface area (Å²) in [5, 5.41) is 2.09. The van der Waals surface area contributed by atoms with E-state index in [1.807, 2.05) is 34.9 Å². The van der Waals surface area contributed by atoms with Crippen LogP contribution in [0.25, 0.3) is 33.1 Å². The molecule has 27 heavy (non-hydrogen) atoms. The molecule has 0 amide bonds. The second kappa shape index (κ2) is 5.64. The molecule has 4 aromatic rings. The number of H-pyrrole nitrogens is 1. The van der Waals surface area contributed by atoms with Gasteiger partial charge in [-0.05, 0) is 42.7 Å². The summed E-state index contributed by atoms with van der Waals surface area (Å²) >= 11 is 0. The molecule has 0 atom stereocenters. The molecule has 0 aliphatic carbocycles. The average Bonchev–Trinajstić information content (AvgIpc) is 3.10. The minimum Gasteiger partial charge on any atom is -0.493 e. The van der Waals surface area contributed by atoms with E-state index in [9.17, 15) is 4.79 Å². The number of pyridine rings is 1. The van der Waals surface area contributed by atoms with Gasteiger partial charge in [-0.2, -0.15) is 0 Å². The average molecular weight is 360 g/mol. The van der Waals surface area contributed by atoms with Gasteiger partial charge in [0.25, 0.3) is 5.56 Å². The van der Waals surface area contributed by atoms with Crippen molar-refractivity contribution in [2.45, 2.75) is 19.9 Å². The van der Waals surface area contributed by atoms with Gasteiger partial charge < -0.3 is 19.0 Å². The van der Waals surface area contributed by atoms with E-state index in [4.69, 9.17) is 9.47 Å². The second-order valence-electron chi connectivity index (χ2n) is 6.97. The third-order valence-electron chi connectivity index (χ3n) is 5.63. The summed E-state index contributed by atoms with van der Waals surface area (Å²) in [6.07, 6.45) is 0.785. The van der Waals surface area contributed by atoms with Gasteiger partial charge >= 0.3 is 0 Å². The van der Waals surface area contributed by atoms with E-state index in [-0.39, 0.29) is 5.56 Å². The summed E-state index contributed by atoms with van der Waals surface area (Å²) in [7, 11) is 3.28. The number of nitrogens with zero attached hydrogens (tertiary/aromatic N) is 1. The summed E-state index contributed by atoms with van der Waals surface area (Å²) in [5.41, 5.74) is 6.00. The number of aromatic amines is 1. The van der Waals surface area contributed by atoms with Crippen LogP contribution in [0, 0.1) is 6.92 Å². The van der Waals surface area contributed by atoms with Crippen molar-refractivity contribution < 1.29 is 9.47 Å². The molecule has 1 aliphatic heterocycles. The lowest BCUT2D eigenvalue weighted by Gasteiger charge is -2.25. The predicted octanol–water partition coefficient (Wildman–Crippen LogP) is 4.03. The molecule has 5 nitrogen and oxygen atoms in total. The highest BCUT2D eigenvalue weighted by Crippen LogP contribution is 2.41. The van der Waals surface area contributed by atoms with Gasteiger partial charge in [-0.15, -0.1) is 0 Å². The molecule has 136 valence electrons. The monoisotopic (exact) mass is 360 g/mol. The van der Waals surface area contributed by atoms with E-state index < -0.39 is 0 Å². The molecule has 0 saturated carbocycles. The van der Waals surface area contributed by atoms with Crippen molar-refractivity contribution >= 4 is 21.8 Å². The summed E-state index contributed by atoms with van der Waals surface area (Å²) < 4.78 is 12.9. The summed E-state index contributed by atoms with van der Waals surface area (Å²) in [6.45, 7) is 2.75. The molecular formula is C22H20N2O3. The van der Waals surface area contributed by atoms with Crippen LogP contribution in [0.15, 0.2) is 41.2 Å². The molecule has 5 rings (SSSR count). The Morgan fingerprint density at radius 2 is 1.81 bits per heavy atom. The number of hydrogen-bond acceptors (Lipinski definition) is 3. The van der Waals surface area contributed by atoms with E-state index in [1.165, 1.54) is 5.56 Å². The molecule has 0 radical (unpaired) electrons. The number of rotatable bonds is 2. The molecular weight excluding hydrogens is 340 g/mol. The fraction of sp³-hybridized carbons (Fsp3) is 0.227. The molecule has 3 heterocycles. The highest BCUT2D eigenvalue weighted by Gasteiger charge is 2.25.